The lowest BCUT2D eigenvalue weighted by Gasteiger charge is -2.41. The van der Waals surface area contributed by atoms with Crippen molar-refractivity contribution < 1.29 is 9.53 Å². The largest absolute Gasteiger partial charge is 0.493 e. The Morgan fingerprint density at radius 3 is 2.48 bits per heavy atom. The van der Waals surface area contributed by atoms with Crippen molar-refractivity contribution in [3.63, 3.8) is 0 Å². The first-order valence-electron chi connectivity index (χ1n) is 8.88. The minimum atomic E-state index is -0.0155. The minimum absolute atomic E-state index is 0.0155. The molecule has 1 N–H and O–H groups in total. The monoisotopic (exact) mass is 337 g/mol. The summed E-state index contributed by atoms with van der Waals surface area (Å²) in [7, 11) is 0. The Bertz CT molecular complexity index is 727. The van der Waals surface area contributed by atoms with Crippen LogP contribution in [0.25, 0.3) is 0 Å². The van der Waals surface area contributed by atoms with Gasteiger partial charge in [-0.2, -0.15) is 0 Å². The number of benzene rings is 2. The molecule has 2 heterocycles. The average Bonchev–Trinajstić information content (AvgIpc) is 2.68. The third-order valence-electron chi connectivity index (χ3n) is 4.99. The first-order valence-corrected chi connectivity index (χ1v) is 8.88. The highest BCUT2D eigenvalue weighted by Gasteiger charge is 2.30. The number of hydrogen-bond acceptors (Lipinski definition) is 3. The Morgan fingerprint density at radius 2 is 1.68 bits per heavy atom. The van der Waals surface area contributed by atoms with Crippen molar-refractivity contribution >= 4 is 11.7 Å². The molecule has 0 bridgehead atoms. The number of carbonyl (C=O) groups excluding carboxylic acids is 1. The first-order chi connectivity index (χ1) is 12.3. The van der Waals surface area contributed by atoms with Crippen LogP contribution in [-0.4, -0.2) is 48.6 Å². The van der Waals surface area contributed by atoms with E-state index in [2.05, 4.69) is 22.3 Å². The van der Waals surface area contributed by atoms with Crippen molar-refractivity contribution in [1.82, 2.24) is 9.80 Å². The molecule has 1 fully saturated rings. The second-order valence-corrected chi connectivity index (χ2v) is 6.51. The molecule has 0 aliphatic carbocycles. The van der Waals surface area contributed by atoms with Crippen LogP contribution in [0.1, 0.15) is 18.0 Å². The fourth-order valence-electron chi connectivity index (χ4n) is 3.66. The van der Waals surface area contributed by atoms with Crippen LogP contribution in [0.15, 0.2) is 54.6 Å². The van der Waals surface area contributed by atoms with Crippen molar-refractivity contribution in [2.75, 3.05) is 38.1 Å². The summed E-state index contributed by atoms with van der Waals surface area (Å²) in [5.74, 6) is 1.00. The topological polar surface area (TPSA) is 44.8 Å². The molecule has 0 saturated carbocycles. The molecular weight excluding hydrogens is 314 g/mol. The number of ether oxygens (including phenoxy) is 1. The van der Waals surface area contributed by atoms with Crippen LogP contribution in [0.5, 0.6) is 5.75 Å². The van der Waals surface area contributed by atoms with Gasteiger partial charge in [-0.05, 0) is 18.2 Å². The summed E-state index contributed by atoms with van der Waals surface area (Å²) in [6.45, 7) is 4.04. The number of nitrogens with zero attached hydrogens (tertiary/aromatic N) is 2. The molecule has 2 amide bonds. The van der Waals surface area contributed by atoms with Gasteiger partial charge in [0, 0.05) is 49.9 Å². The Morgan fingerprint density at radius 1 is 0.960 bits per heavy atom. The normalized spacial score (nSPS) is 20.5. The maximum atomic E-state index is 12.4. The number of amides is 2. The van der Waals surface area contributed by atoms with E-state index in [1.807, 2.05) is 47.4 Å². The second kappa shape index (κ2) is 7.15. The summed E-state index contributed by atoms with van der Waals surface area (Å²) in [5.41, 5.74) is 2.12. The fourth-order valence-corrected chi connectivity index (χ4v) is 3.66. The molecule has 130 valence electrons. The first kappa shape index (κ1) is 16.0. The highest BCUT2D eigenvalue weighted by molar-refractivity contribution is 5.89. The molecule has 5 heteroatoms. The minimum Gasteiger partial charge on any atom is -0.493 e. The number of nitrogens with one attached hydrogen (secondary N) is 1. The van der Waals surface area contributed by atoms with E-state index in [-0.39, 0.29) is 6.03 Å². The summed E-state index contributed by atoms with van der Waals surface area (Å²) in [4.78, 5) is 16.8. The van der Waals surface area contributed by atoms with Gasteiger partial charge in [-0.1, -0.05) is 36.4 Å². The number of carbonyl (C=O) groups is 1. The van der Waals surface area contributed by atoms with Gasteiger partial charge in [0.2, 0.25) is 0 Å². The molecule has 2 aliphatic heterocycles. The van der Waals surface area contributed by atoms with Gasteiger partial charge in [-0.3, -0.25) is 4.90 Å². The third-order valence-corrected chi connectivity index (χ3v) is 4.99. The molecule has 2 aromatic rings. The molecule has 1 unspecified atom stereocenters. The zero-order valence-corrected chi connectivity index (χ0v) is 14.2. The maximum absolute atomic E-state index is 12.4. The maximum Gasteiger partial charge on any atom is 0.321 e. The van der Waals surface area contributed by atoms with Crippen LogP contribution in [0, 0.1) is 0 Å². The van der Waals surface area contributed by atoms with Crippen molar-refractivity contribution in [2.24, 2.45) is 0 Å². The zero-order chi connectivity index (χ0) is 17.1. The number of rotatable bonds is 2. The summed E-state index contributed by atoms with van der Waals surface area (Å²) >= 11 is 0. The number of para-hydroxylation sites is 2. The predicted molar refractivity (Wildman–Crippen MR) is 97.9 cm³/mol. The molecule has 25 heavy (non-hydrogen) atoms. The third kappa shape index (κ3) is 3.46. The van der Waals surface area contributed by atoms with Crippen molar-refractivity contribution in [3.05, 3.63) is 60.2 Å². The van der Waals surface area contributed by atoms with Gasteiger partial charge in [-0.25, -0.2) is 4.79 Å². The van der Waals surface area contributed by atoms with Crippen LogP contribution >= 0.6 is 0 Å². The highest BCUT2D eigenvalue weighted by Crippen LogP contribution is 2.36. The number of anilines is 1. The predicted octanol–water partition coefficient (Wildman–Crippen LogP) is 3.36. The van der Waals surface area contributed by atoms with Gasteiger partial charge in [-0.15, -0.1) is 0 Å². The zero-order valence-electron chi connectivity index (χ0n) is 14.2. The SMILES string of the molecule is O=C(Nc1ccccc1)N1CCN(C2CCOc3ccccc32)CC1. The molecule has 2 aliphatic rings. The lowest BCUT2D eigenvalue weighted by atomic mass is 9.98. The smallest absolute Gasteiger partial charge is 0.321 e. The van der Waals surface area contributed by atoms with E-state index in [4.69, 9.17) is 4.74 Å². The van der Waals surface area contributed by atoms with Crippen molar-refractivity contribution in [1.29, 1.82) is 0 Å². The van der Waals surface area contributed by atoms with Gasteiger partial charge in [0.15, 0.2) is 0 Å². The molecule has 1 saturated heterocycles. The van der Waals surface area contributed by atoms with E-state index in [0.717, 1.165) is 50.6 Å². The van der Waals surface area contributed by atoms with Gasteiger partial charge < -0.3 is 15.0 Å². The van der Waals surface area contributed by atoms with E-state index >= 15 is 0 Å². The molecular formula is C20H23N3O2. The molecule has 4 rings (SSSR count). The van der Waals surface area contributed by atoms with Crippen LogP contribution in [0.3, 0.4) is 0 Å². The quantitative estimate of drug-likeness (QED) is 0.914. The van der Waals surface area contributed by atoms with E-state index in [0.29, 0.717) is 6.04 Å². The standard InChI is InChI=1S/C20H23N3O2/c24-20(21-16-6-2-1-3-7-16)23-13-11-22(12-14-23)18-10-15-25-19-9-5-4-8-17(18)19/h1-9,18H,10-15H2,(H,21,24). The van der Waals surface area contributed by atoms with Crippen LogP contribution in [-0.2, 0) is 0 Å². The molecule has 5 nitrogen and oxygen atoms in total. The number of piperazine rings is 1. The Labute approximate surface area is 148 Å². The fraction of sp³-hybridized carbons (Fsp3) is 0.350. The molecule has 0 aromatic heterocycles. The van der Waals surface area contributed by atoms with Gasteiger partial charge in [0.25, 0.3) is 0 Å². The molecule has 2 aromatic carbocycles. The summed E-state index contributed by atoms with van der Waals surface area (Å²) in [6, 6.07) is 18.3. The van der Waals surface area contributed by atoms with Gasteiger partial charge in [0.1, 0.15) is 5.75 Å². The summed E-state index contributed by atoms with van der Waals surface area (Å²) in [5, 5.41) is 2.97. The van der Waals surface area contributed by atoms with Gasteiger partial charge in [0.05, 0.1) is 6.61 Å². The molecule has 0 spiro atoms. The Hall–Kier alpha value is -2.53. The summed E-state index contributed by atoms with van der Waals surface area (Å²) < 4.78 is 5.77. The molecule has 1 atom stereocenters. The summed E-state index contributed by atoms with van der Waals surface area (Å²) in [6.07, 6.45) is 1.01. The lowest BCUT2D eigenvalue weighted by Crippen LogP contribution is -2.51. The second-order valence-electron chi connectivity index (χ2n) is 6.51. The van der Waals surface area contributed by atoms with Crippen molar-refractivity contribution in [3.8, 4) is 5.75 Å². The highest BCUT2D eigenvalue weighted by atomic mass is 16.5. The molecule has 0 radical (unpaired) electrons. The van der Waals surface area contributed by atoms with Gasteiger partial charge >= 0.3 is 6.03 Å². The number of urea groups is 1. The van der Waals surface area contributed by atoms with Crippen LogP contribution in [0.4, 0.5) is 10.5 Å². The lowest BCUT2D eigenvalue weighted by molar-refractivity contribution is 0.0886. The van der Waals surface area contributed by atoms with E-state index in [9.17, 15) is 4.79 Å². The van der Waals surface area contributed by atoms with Crippen LogP contribution in [0.2, 0.25) is 0 Å². The van der Waals surface area contributed by atoms with E-state index < -0.39 is 0 Å². The van der Waals surface area contributed by atoms with Crippen LogP contribution < -0.4 is 10.1 Å². The Kier molecular flexibility index (Phi) is 4.57. The van der Waals surface area contributed by atoms with E-state index in [1.54, 1.807) is 0 Å². The Balaban J connectivity index is 1.37. The van der Waals surface area contributed by atoms with E-state index in [1.165, 1.54) is 5.56 Å². The van der Waals surface area contributed by atoms with Crippen molar-refractivity contribution in [2.45, 2.75) is 12.5 Å². The number of fused-ring (bicyclic) bond motifs is 1. The average molecular weight is 337 g/mol. The number of hydrogen-bond donors (Lipinski definition) is 1.